The highest BCUT2D eigenvalue weighted by molar-refractivity contribution is 6.17. The van der Waals surface area contributed by atoms with E-state index in [0.29, 0.717) is 5.88 Å². The molecule has 0 aliphatic rings. The largest absolute Gasteiger partial charge is 0.508 e. The van der Waals surface area contributed by atoms with E-state index >= 15 is 0 Å². The summed E-state index contributed by atoms with van der Waals surface area (Å²) < 4.78 is 0. The molecule has 0 heterocycles. The highest BCUT2D eigenvalue weighted by Crippen LogP contribution is 2.13. The molecule has 0 saturated heterocycles. The Kier molecular flexibility index (Phi) is 4.82. The molecule has 1 rings (SSSR count). The number of halogens is 1. The third-order valence-electron chi connectivity index (χ3n) is 2.47. The highest BCUT2D eigenvalue weighted by atomic mass is 35.5. The number of rotatable bonds is 5. The Balaban J connectivity index is 2.55. The lowest BCUT2D eigenvalue weighted by Gasteiger charge is -2.25. The summed E-state index contributed by atoms with van der Waals surface area (Å²) in [5.41, 5.74) is 0.500. The number of phenols is 1. The van der Waals surface area contributed by atoms with Gasteiger partial charge in [-0.1, -0.05) is 12.1 Å². The number of carbonyl (C=O) groups excluding carboxylic acids is 1. The molecule has 0 atom stereocenters. The van der Waals surface area contributed by atoms with Crippen molar-refractivity contribution in [1.29, 1.82) is 0 Å². The minimum atomic E-state index is -0.296. The van der Waals surface area contributed by atoms with Crippen LogP contribution in [0.5, 0.6) is 5.75 Å². The molecule has 1 amide bonds. The molecule has 0 saturated carbocycles. The summed E-state index contributed by atoms with van der Waals surface area (Å²) in [5.74, 6) is 0.625. The van der Waals surface area contributed by atoms with Crippen molar-refractivity contribution >= 4 is 17.5 Å². The fraction of sp³-hybridized carbons (Fsp3) is 0.462. The van der Waals surface area contributed by atoms with Crippen LogP contribution in [0.3, 0.4) is 0 Å². The normalized spacial score (nSPS) is 11.2. The van der Waals surface area contributed by atoms with E-state index in [1.807, 2.05) is 19.9 Å². The molecule has 3 nitrogen and oxygen atoms in total. The van der Waals surface area contributed by atoms with Crippen molar-refractivity contribution < 1.29 is 9.90 Å². The first-order chi connectivity index (χ1) is 7.93. The lowest BCUT2D eigenvalue weighted by atomic mass is 10.0. The van der Waals surface area contributed by atoms with Crippen molar-refractivity contribution in [2.75, 3.05) is 5.88 Å². The molecule has 0 radical (unpaired) electrons. The molecular weight excluding hydrogens is 238 g/mol. The maximum atomic E-state index is 11.8. The van der Waals surface area contributed by atoms with Gasteiger partial charge in [0.2, 0.25) is 5.91 Å². The predicted molar refractivity (Wildman–Crippen MR) is 69.4 cm³/mol. The van der Waals surface area contributed by atoms with Crippen LogP contribution in [0.15, 0.2) is 24.3 Å². The van der Waals surface area contributed by atoms with Gasteiger partial charge >= 0.3 is 0 Å². The SMILES string of the molecule is CC(C)(CCCl)NC(=O)Cc1cccc(O)c1. The zero-order valence-electron chi connectivity index (χ0n) is 10.2. The fourth-order valence-corrected chi connectivity index (χ4v) is 2.04. The Morgan fingerprint density at radius 3 is 2.76 bits per heavy atom. The van der Waals surface area contributed by atoms with Gasteiger partial charge in [-0.2, -0.15) is 0 Å². The maximum Gasteiger partial charge on any atom is 0.224 e. The number of amides is 1. The second-order valence-electron chi connectivity index (χ2n) is 4.72. The summed E-state index contributed by atoms with van der Waals surface area (Å²) in [6.45, 7) is 3.88. The number of phenolic OH excluding ortho intramolecular Hbond substituents is 1. The Bertz CT molecular complexity index is 391. The standard InChI is InChI=1S/C13H18ClNO2/c1-13(2,6-7-14)15-12(17)9-10-4-3-5-11(16)8-10/h3-5,8,16H,6-7,9H2,1-2H3,(H,15,17). The van der Waals surface area contributed by atoms with Crippen LogP contribution in [0.2, 0.25) is 0 Å². The molecule has 0 aliphatic carbocycles. The molecule has 4 heteroatoms. The number of hydrogen-bond acceptors (Lipinski definition) is 2. The quantitative estimate of drug-likeness (QED) is 0.794. The van der Waals surface area contributed by atoms with E-state index < -0.39 is 0 Å². The third-order valence-corrected chi connectivity index (χ3v) is 2.66. The average Bonchev–Trinajstić information content (AvgIpc) is 2.15. The summed E-state index contributed by atoms with van der Waals surface area (Å²) in [7, 11) is 0. The average molecular weight is 256 g/mol. The summed E-state index contributed by atoms with van der Waals surface area (Å²) in [6.07, 6.45) is 0.987. The molecule has 0 bridgehead atoms. The molecule has 2 N–H and O–H groups in total. The number of nitrogens with one attached hydrogen (secondary N) is 1. The lowest BCUT2D eigenvalue weighted by Crippen LogP contribution is -2.44. The monoisotopic (exact) mass is 255 g/mol. The summed E-state index contributed by atoms with van der Waals surface area (Å²) in [4.78, 5) is 11.8. The number of carbonyl (C=O) groups is 1. The van der Waals surface area contributed by atoms with Crippen molar-refractivity contribution in [2.45, 2.75) is 32.2 Å². The minimum absolute atomic E-state index is 0.0642. The van der Waals surface area contributed by atoms with E-state index in [0.717, 1.165) is 12.0 Å². The number of benzene rings is 1. The Hall–Kier alpha value is -1.22. The molecule has 1 aromatic carbocycles. The summed E-state index contributed by atoms with van der Waals surface area (Å²) in [5, 5.41) is 12.2. The van der Waals surface area contributed by atoms with Crippen molar-refractivity contribution in [3.63, 3.8) is 0 Å². The zero-order valence-corrected chi connectivity index (χ0v) is 10.9. The molecule has 0 spiro atoms. The maximum absolute atomic E-state index is 11.8. The van der Waals surface area contributed by atoms with Crippen LogP contribution in [0.1, 0.15) is 25.8 Å². The van der Waals surface area contributed by atoms with Crippen LogP contribution in [0, 0.1) is 0 Å². The van der Waals surface area contributed by atoms with Crippen LogP contribution in [0.4, 0.5) is 0 Å². The molecule has 0 aliphatic heterocycles. The topological polar surface area (TPSA) is 49.3 Å². The van der Waals surface area contributed by atoms with Gasteiger partial charge in [-0.25, -0.2) is 0 Å². The summed E-state index contributed by atoms with van der Waals surface area (Å²) in [6, 6.07) is 6.71. The Morgan fingerprint density at radius 2 is 2.18 bits per heavy atom. The van der Waals surface area contributed by atoms with Gasteiger partial charge in [0.25, 0.3) is 0 Å². The zero-order chi connectivity index (χ0) is 12.9. The first-order valence-electron chi connectivity index (χ1n) is 5.58. The van der Waals surface area contributed by atoms with Gasteiger partial charge in [-0.15, -0.1) is 11.6 Å². The van der Waals surface area contributed by atoms with E-state index in [1.165, 1.54) is 0 Å². The minimum Gasteiger partial charge on any atom is -0.508 e. The van der Waals surface area contributed by atoms with E-state index in [9.17, 15) is 9.90 Å². The first kappa shape index (κ1) is 13.8. The van der Waals surface area contributed by atoms with Gasteiger partial charge in [0.1, 0.15) is 5.75 Å². The molecule has 0 aromatic heterocycles. The van der Waals surface area contributed by atoms with Gasteiger partial charge in [0, 0.05) is 11.4 Å². The molecule has 1 aromatic rings. The highest BCUT2D eigenvalue weighted by Gasteiger charge is 2.19. The van der Waals surface area contributed by atoms with Gasteiger partial charge in [-0.3, -0.25) is 4.79 Å². The van der Waals surface area contributed by atoms with Crippen molar-refractivity contribution in [1.82, 2.24) is 5.32 Å². The smallest absolute Gasteiger partial charge is 0.224 e. The molecule has 94 valence electrons. The first-order valence-corrected chi connectivity index (χ1v) is 6.11. The van der Waals surface area contributed by atoms with Crippen LogP contribution in [-0.2, 0) is 11.2 Å². The van der Waals surface area contributed by atoms with E-state index in [4.69, 9.17) is 11.6 Å². The predicted octanol–water partition coefficient (Wildman–Crippen LogP) is 2.46. The van der Waals surface area contributed by atoms with Crippen LogP contribution in [0.25, 0.3) is 0 Å². The van der Waals surface area contributed by atoms with Gasteiger partial charge in [-0.05, 0) is 38.0 Å². The second-order valence-corrected chi connectivity index (χ2v) is 5.10. The van der Waals surface area contributed by atoms with E-state index in [-0.39, 0.29) is 23.6 Å². The van der Waals surface area contributed by atoms with Crippen molar-refractivity contribution in [2.24, 2.45) is 0 Å². The van der Waals surface area contributed by atoms with Crippen molar-refractivity contribution in [3.8, 4) is 5.75 Å². The number of alkyl halides is 1. The lowest BCUT2D eigenvalue weighted by molar-refractivity contribution is -0.122. The number of aromatic hydroxyl groups is 1. The van der Waals surface area contributed by atoms with E-state index in [2.05, 4.69) is 5.32 Å². The van der Waals surface area contributed by atoms with E-state index in [1.54, 1.807) is 18.2 Å². The second kappa shape index (κ2) is 5.92. The van der Waals surface area contributed by atoms with Gasteiger partial charge < -0.3 is 10.4 Å². The summed E-state index contributed by atoms with van der Waals surface area (Å²) >= 11 is 5.67. The van der Waals surface area contributed by atoms with Crippen LogP contribution >= 0.6 is 11.6 Å². The van der Waals surface area contributed by atoms with Crippen molar-refractivity contribution in [3.05, 3.63) is 29.8 Å². The Morgan fingerprint density at radius 1 is 1.47 bits per heavy atom. The number of hydrogen-bond donors (Lipinski definition) is 2. The third kappa shape index (κ3) is 5.09. The Labute approximate surface area is 107 Å². The van der Waals surface area contributed by atoms with Crippen LogP contribution in [-0.4, -0.2) is 22.4 Å². The van der Waals surface area contributed by atoms with Gasteiger partial charge in [0.05, 0.1) is 6.42 Å². The fourth-order valence-electron chi connectivity index (χ4n) is 1.57. The molecule has 0 fully saturated rings. The molecule has 0 unspecified atom stereocenters. The molecular formula is C13H18ClNO2. The van der Waals surface area contributed by atoms with Gasteiger partial charge in [0.15, 0.2) is 0 Å². The molecule has 17 heavy (non-hydrogen) atoms. The van der Waals surface area contributed by atoms with Crippen LogP contribution < -0.4 is 5.32 Å².